The number of anilines is 1. The molecule has 0 aliphatic rings. The molecule has 1 aromatic rings. The third-order valence-corrected chi connectivity index (χ3v) is 2.24. The van der Waals surface area contributed by atoms with Crippen molar-refractivity contribution < 1.29 is 9.47 Å². The van der Waals surface area contributed by atoms with Gasteiger partial charge in [-0.1, -0.05) is 20.8 Å². The highest BCUT2D eigenvalue weighted by Crippen LogP contribution is 2.19. The lowest BCUT2D eigenvalue weighted by molar-refractivity contribution is 0.203. The smallest absolute Gasteiger partial charge is 0.324 e. The van der Waals surface area contributed by atoms with Crippen molar-refractivity contribution >= 4 is 5.95 Å². The average molecular weight is 268 g/mol. The minimum Gasteiger partial charge on any atom is -0.463 e. The largest absolute Gasteiger partial charge is 0.463 e. The molecule has 0 saturated heterocycles. The zero-order chi connectivity index (χ0) is 14.5. The van der Waals surface area contributed by atoms with E-state index in [1.807, 2.05) is 13.8 Å². The van der Waals surface area contributed by atoms with Gasteiger partial charge in [0.05, 0.1) is 12.7 Å². The number of aromatic nitrogens is 3. The van der Waals surface area contributed by atoms with Gasteiger partial charge in [0.1, 0.15) is 0 Å². The standard InChI is InChI=1S/C13H24N4O2/c1-9(2)19-12-16-10(14-6)15-11(17-12)18-8-7-13(3,4)5/h9H,7-8H2,1-6H3,(H,14,15,16,17). The predicted octanol–water partition coefficient (Wildman–Crippen LogP) is 2.52. The summed E-state index contributed by atoms with van der Waals surface area (Å²) < 4.78 is 11.0. The molecule has 0 bridgehead atoms. The van der Waals surface area contributed by atoms with E-state index in [1.54, 1.807) is 7.05 Å². The fourth-order valence-electron chi connectivity index (χ4n) is 1.23. The molecule has 0 unspecified atom stereocenters. The van der Waals surface area contributed by atoms with Gasteiger partial charge in [-0.2, -0.15) is 9.97 Å². The van der Waals surface area contributed by atoms with E-state index in [-0.39, 0.29) is 17.5 Å². The van der Waals surface area contributed by atoms with E-state index in [2.05, 4.69) is 41.0 Å². The first-order valence-electron chi connectivity index (χ1n) is 6.53. The summed E-state index contributed by atoms with van der Waals surface area (Å²) in [5, 5.41) is 2.87. The molecular formula is C13H24N4O2. The predicted molar refractivity (Wildman–Crippen MR) is 74.7 cm³/mol. The number of nitrogens with zero attached hydrogens (tertiary/aromatic N) is 3. The maximum absolute atomic E-state index is 5.56. The lowest BCUT2D eigenvalue weighted by Crippen LogP contribution is -2.14. The molecule has 19 heavy (non-hydrogen) atoms. The van der Waals surface area contributed by atoms with Gasteiger partial charge in [0.2, 0.25) is 5.95 Å². The summed E-state index contributed by atoms with van der Waals surface area (Å²) >= 11 is 0. The molecule has 0 spiro atoms. The Hall–Kier alpha value is -1.59. The lowest BCUT2D eigenvalue weighted by Gasteiger charge is -2.17. The van der Waals surface area contributed by atoms with E-state index in [0.717, 1.165) is 6.42 Å². The van der Waals surface area contributed by atoms with E-state index in [9.17, 15) is 0 Å². The van der Waals surface area contributed by atoms with Crippen molar-refractivity contribution in [2.24, 2.45) is 5.41 Å². The van der Waals surface area contributed by atoms with Crippen LogP contribution < -0.4 is 14.8 Å². The van der Waals surface area contributed by atoms with Crippen LogP contribution >= 0.6 is 0 Å². The third-order valence-electron chi connectivity index (χ3n) is 2.24. The first kappa shape index (κ1) is 15.5. The molecule has 0 radical (unpaired) electrons. The lowest BCUT2D eigenvalue weighted by atomic mass is 9.93. The zero-order valence-corrected chi connectivity index (χ0v) is 12.6. The molecule has 0 atom stereocenters. The first-order chi connectivity index (χ1) is 8.80. The maximum Gasteiger partial charge on any atom is 0.324 e. The Labute approximate surface area is 115 Å². The normalized spacial score (nSPS) is 11.5. The second-order valence-corrected chi connectivity index (χ2v) is 5.80. The van der Waals surface area contributed by atoms with Crippen LogP contribution in [-0.4, -0.2) is 34.7 Å². The fraction of sp³-hybridized carbons (Fsp3) is 0.769. The maximum atomic E-state index is 5.56. The highest BCUT2D eigenvalue weighted by atomic mass is 16.5. The van der Waals surface area contributed by atoms with Crippen molar-refractivity contribution in [2.75, 3.05) is 19.0 Å². The van der Waals surface area contributed by atoms with Crippen molar-refractivity contribution in [2.45, 2.75) is 47.1 Å². The molecule has 1 aromatic heterocycles. The Morgan fingerprint density at radius 1 is 1.11 bits per heavy atom. The van der Waals surface area contributed by atoms with Crippen LogP contribution in [0.1, 0.15) is 41.0 Å². The monoisotopic (exact) mass is 268 g/mol. The molecule has 0 amide bonds. The van der Waals surface area contributed by atoms with Crippen LogP contribution in [0, 0.1) is 5.41 Å². The SMILES string of the molecule is CNc1nc(OCCC(C)(C)C)nc(OC(C)C)n1. The molecule has 1 heterocycles. The summed E-state index contributed by atoms with van der Waals surface area (Å²) in [6.07, 6.45) is 0.933. The van der Waals surface area contributed by atoms with Gasteiger partial charge < -0.3 is 14.8 Å². The quantitative estimate of drug-likeness (QED) is 0.855. The van der Waals surface area contributed by atoms with Gasteiger partial charge in [-0.05, 0) is 25.7 Å². The van der Waals surface area contributed by atoms with E-state index < -0.39 is 0 Å². The van der Waals surface area contributed by atoms with Gasteiger partial charge in [-0.25, -0.2) is 0 Å². The van der Waals surface area contributed by atoms with Crippen LogP contribution in [0.4, 0.5) is 5.95 Å². The van der Waals surface area contributed by atoms with E-state index in [1.165, 1.54) is 0 Å². The second kappa shape index (κ2) is 6.54. The number of hydrogen-bond donors (Lipinski definition) is 1. The van der Waals surface area contributed by atoms with Crippen LogP contribution in [0.3, 0.4) is 0 Å². The molecule has 1 N–H and O–H groups in total. The summed E-state index contributed by atoms with van der Waals surface area (Å²) in [5.74, 6) is 0.441. The number of ether oxygens (including phenoxy) is 2. The van der Waals surface area contributed by atoms with Crippen LogP contribution in [0.15, 0.2) is 0 Å². The topological polar surface area (TPSA) is 69.2 Å². The molecular weight excluding hydrogens is 244 g/mol. The molecule has 108 valence electrons. The minimum atomic E-state index is 0.00883. The van der Waals surface area contributed by atoms with Crippen LogP contribution in [0.25, 0.3) is 0 Å². The number of hydrogen-bond acceptors (Lipinski definition) is 6. The molecule has 0 saturated carbocycles. The molecule has 1 rings (SSSR count). The van der Waals surface area contributed by atoms with Gasteiger partial charge in [0, 0.05) is 7.05 Å². The zero-order valence-electron chi connectivity index (χ0n) is 12.6. The van der Waals surface area contributed by atoms with Crippen molar-refractivity contribution in [1.82, 2.24) is 15.0 Å². The van der Waals surface area contributed by atoms with Gasteiger partial charge in [-0.3, -0.25) is 0 Å². The van der Waals surface area contributed by atoms with Crippen molar-refractivity contribution in [3.63, 3.8) is 0 Å². The number of nitrogens with one attached hydrogen (secondary N) is 1. The molecule has 0 aliphatic carbocycles. The van der Waals surface area contributed by atoms with Gasteiger partial charge in [0.15, 0.2) is 0 Å². The van der Waals surface area contributed by atoms with Crippen LogP contribution in [0.2, 0.25) is 0 Å². The van der Waals surface area contributed by atoms with E-state index in [4.69, 9.17) is 9.47 Å². The molecule has 0 fully saturated rings. The first-order valence-corrected chi connectivity index (χ1v) is 6.53. The Kier molecular flexibility index (Phi) is 5.32. The molecule has 6 heteroatoms. The number of rotatable bonds is 6. The second-order valence-electron chi connectivity index (χ2n) is 5.80. The van der Waals surface area contributed by atoms with Crippen LogP contribution in [-0.2, 0) is 0 Å². The summed E-state index contributed by atoms with van der Waals surface area (Å²) in [6.45, 7) is 10.9. The third kappa shape index (κ3) is 6.22. The average Bonchev–Trinajstić information content (AvgIpc) is 2.26. The highest BCUT2D eigenvalue weighted by Gasteiger charge is 2.12. The fourth-order valence-corrected chi connectivity index (χ4v) is 1.23. The summed E-state index contributed by atoms with van der Waals surface area (Å²) in [4.78, 5) is 12.4. The summed E-state index contributed by atoms with van der Waals surface area (Å²) in [6, 6.07) is 0.569. The molecule has 6 nitrogen and oxygen atoms in total. The summed E-state index contributed by atoms with van der Waals surface area (Å²) in [7, 11) is 1.74. The Morgan fingerprint density at radius 3 is 2.26 bits per heavy atom. The van der Waals surface area contributed by atoms with Crippen molar-refractivity contribution in [3.8, 4) is 12.0 Å². The highest BCUT2D eigenvalue weighted by molar-refractivity contribution is 5.26. The van der Waals surface area contributed by atoms with Crippen molar-refractivity contribution in [1.29, 1.82) is 0 Å². The van der Waals surface area contributed by atoms with E-state index >= 15 is 0 Å². The molecule has 0 aromatic carbocycles. The van der Waals surface area contributed by atoms with Gasteiger partial charge in [-0.15, -0.1) is 4.98 Å². The van der Waals surface area contributed by atoms with Crippen molar-refractivity contribution in [3.05, 3.63) is 0 Å². The van der Waals surface area contributed by atoms with Crippen LogP contribution in [0.5, 0.6) is 12.0 Å². The van der Waals surface area contributed by atoms with E-state index in [0.29, 0.717) is 18.6 Å². The summed E-state index contributed by atoms with van der Waals surface area (Å²) in [5.41, 5.74) is 0.218. The Bertz CT molecular complexity index is 402. The molecule has 0 aliphatic heterocycles. The Morgan fingerprint density at radius 2 is 1.74 bits per heavy atom. The minimum absolute atomic E-state index is 0.00883. The van der Waals surface area contributed by atoms with Gasteiger partial charge >= 0.3 is 12.0 Å². The Balaban J connectivity index is 2.71. The van der Waals surface area contributed by atoms with Gasteiger partial charge in [0.25, 0.3) is 0 Å².